The Morgan fingerprint density at radius 3 is 2.57 bits per heavy atom. The number of aromatic nitrogens is 1. The molecule has 0 aliphatic heterocycles. The van der Waals surface area contributed by atoms with Crippen LogP contribution in [0.25, 0.3) is 11.1 Å². The summed E-state index contributed by atoms with van der Waals surface area (Å²) in [5.41, 5.74) is 0.749. The van der Waals surface area contributed by atoms with Crippen molar-refractivity contribution in [3.05, 3.63) is 58.0 Å². The van der Waals surface area contributed by atoms with E-state index in [4.69, 9.17) is 16.0 Å². The Labute approximate surface area is 124 Å². The van der Waals surface area contributed by atoms with Gasteiger partial charge in [0, 0.05) is 6.07 Å². The number of H-pyrrole nitrogens is 1. The van der Waals surface area contributed by atoms with Gasteiger partial charge in [-0.1, -0.05) is 29.8 Å². The first kappa shape index (κ1) is 13.7. The Morgan fingerprint density at radius 1 is 1.14 bits per heavy atom. The highest BCUT2D eigenvalue weighted by Gasteiger charge is 2.16. The predicted octanol–water partition coefficient (Wildman–Crippen LogP) is 2.58. The molecule has 0 atom stereocenters. The lowest BCUT2D eigenvalue weighted by Crippen LogP contribution is -2.13. The van der Waals surface area contributed by atoms with Gasteiger partial charge < -0.3 is 4.42 Å². The number of anilines is 1. The van der Waals surface area contributed by atoms with E-state index in [9.17, 15) is 13.2 Å². The molecule has 108 valence electrons. The van der Waals surface area contributed by atoms with Crippen LogP contribution in [0, 0.1) is 0 Å². The van der Waals surface area contributed by atoms with Gasteiger partial charge in [-0.3, -0.25) is 9.71 Å². The molecule has 1 heterocycles. The number of aromatic amines is 1. The van der Waals surface area contributed by atoms with Crippen LogP contribution in [0.4, 0.5) is 5.69 Å². The number of sulfonamides is 1. The van der Waals surface area contributed by atoms with Crippen LogP contribution in [0.3, 0.4) is 0 Å². The number of fused-ring (bicyclic) bond motifs is 1. The number of hydrogen-bond donors (Lipinski definition) is 2. The van der Waals surface area contributed by atoms with Crippen LogP contribution in [0.2, 0.25) is 5.02 Å². The molecule has 0 saturated carbocycles. The molecule has 0 aliphatic carbocycles. The minimum absolute atomic E-state index is 0.108. The van der Waals surface area contributed by atoms with E-state index in [0.717, 1.165) is 0 Å². The van der Waals surface area contributed by atoms with Crippen LogP contribution in [-0.4, -0.2) is 13.4 Å². The second-order valence-corrected chi connectivity index (χ2v) is 6.35. The van der Waals surface area contributed by atoms with Crippen molar-refractivity contribution < 1.29 is 12.8 Å². The lowest BCUT2D eigenvalue weighted by molar-refractivity contribution is 0.555. The van der Waals surface area contributed by atoms with E-state index in [2.05, 4.69) is 9.71 Å². The number of nitrogens with one attached hydrogen (secondary N) is 2. The summed E-state index contributed by atoms with van der Waals surface area (Å²) in [6.07, 6.45) is 0. The third-order valence-corrected chi connectivity index (χ3v) is 4.50. The Bertz CT molecular complexity index is 961. The maximum Gasteiger partial charge on any atom is 0.417 e. The summed E-state index contributed by atoms with van der Waals surface area (Å²) in [5, 5.41) is 0.152. The Hall–Kier alpha value is -2.25. The summed E-state index contributed by atoms with van der Waals surface area (Å²) in [4.78, 5) is 13.7. The standard InChI is InChI=1S/C13H9ClN2O4S/c14-9-6-11-12(20-13(17)15-11)7-10(9)16-21(18,19)8-4-2-1-3-5-8/h1-7,16H,(H,15,17). The van der Waals surface area contributed by atoms with Crippen LogP contribution in [-0.2, 0) is 10.0 Å². The number of rotatable bonds is 3. The second kappa shape index (κ2) is 4.94. The third-order valence-electron chi connectivity index (χ3n) is 2.81. The molecule has 0 amide bonds. The Kier molecular flexibility index (Phi) is 3.23. The quantitative estimate of drug-likeness (QED) is 0.774. The summed E-state index contributed by atoms with van der Waals surface area (Å²) in [7, 11) is -3.76. The van der Waals surface area contributed by atoms with Gasteiger partial charge in [0.25, 0.3) is 10.0 Å². The Morgan fingerprint density at radius 2 is 1.86 bits per heavy atom. The molecule has 8 heteroatoms. The molecule has 0 aliphatic rings. The summed E-state index contributed by atoms with van der Waals surface area (Å²) < 4.78 is 31.7. The lowest BCUT2D eigenvalue weighted by atomic mass is 10.3. The van der Waals surface area contributed by atoms with Gasteiger partial charge in [-0.25, -0.2) is 13.2 Å². The zero-order valence-electron chi connectivity index (χ0n) is 10.5. The lowest BCUT2D eigenvalue weighted by Gasteiger charge is -2.09. The van der Waals surface area contributed by atoms with E-state index in [1.807, 2.05) is 0 Å². The van der Waals surface area contributed by atoms with E-state index in [0.29, 0.717) is 5.52 Å². The van der Waals surface area contributed by atoms with Gasteiger partial charge in [0.15, 0.2) is 5.58 Å². The van der Waals surface area contributed by atoms with E-state index in [-0.39, 0.29) is 21.2 Å². The zero-order chi connectivity index (χ0) is 15.0. The SMILES string of the molecule is O=c1[nH]c2cc(Cl)c(NS(=O)(=O)c3ccccc3)cc2o1. The summed E-state index contributed by atoms with van der Waals surface area (Å²) in [6.45, 7) is 0. The summed E-state index contributed by atoms with van der Waals surface area (Å²) in [5.74, 6) is -0.635. The van der Waals surface area contributed by atoms with E-state index in [1.54, 1.807) is 18.2 Å². The minimum atomic E-state index is -3.76. The number of halogens is 1. The first-order chi connectivity index (χ1) is 9.95. The molecule has 0 bridgehead atoms. The molecule has 1 aromatic heterocycles. The van der Waals surface area contributed by atoms with Crippen LogP contribution in [0.5, 0.6) is 0 Å². The topological polar surface area (TPSA) is 92.2 Å². The van der Waals surface area contributed by atoms with Crippen LogP contribution < -0.4 is 10.5 Å². The van der Waals surface area contributed by atoms with Crippen molar-refractivity contribution in [1.82, 2.24) is 4.98 Å². The average Bonchev–Trinajstić information content (AvgIpc) is 2.79. The highest BCUT2D eigenvalue weighted by molar-refractivity contribution is 7.92. The number of hydrogen-bond acceptors (Lipinski definition) is 4. The normalized spacial score (nSPS) is 11.7. The fourth-order valence-corrected chi connectivity index (χ4v) is 3.21. The Balaban J connectivity index is 2.05. The van der Waals surface area contributed by atoms with Crippen molar-refractivity contribution in [3.63, 3.8) is 0 Å². The largest absolute Gasteiger partial charge is 0.417 e. The fraction of sp³-hybridized carbons (Fsp3) is 0. The first-order valence-corrected chi connectivity index (χ1v) is 7.72. The van der Waals surface area contributed by atoms with Gasteiger partial charge in [0.1, 0.15) is 0 Å². The maximum atomic E-state index is 12.2. The van der Waals surface area contributed by atoms with Gasteiger partial charge in [-0.15, -0.1) is 0 Å². The molecule has 3 aromatic rings. The molecule has 3 rings (SSSR count). The fourth-order valence-electron chi connectivity index (χ4n) is 1.85. The van der Waals surface area contributed by atoms with Gasteiger partial charge in [-0.2, -0.15) is 0 Å². The monoisotopic (exact) mass is 324 g/mol. The molecule has 0 radical (unpaired) electrons. The molecule has 0 unspecified atom stereocenters. The van der Waals surface area contributed by atoms with Crippen molar-refractivity contribution in [2.75, 3.05) is 4.72 Å². The predicted molar refractivity (Wildman–Crippen MR) is 79.1 cm³/mol. The third kappa shape index (κ3) is 2.65. The maximum absolute atomic E-state index is 12.2. The van der Waals surface area contributed by atoms with Crippen molar-refractivity contribution in [2.45, 2.75) is 4.90 Å². The second-order valence-electron chi connectivity index (χ2n) is 4.26. The van der Waals surface area contributed by atoms with E-state index < -0.39 is 15.8 Å². The van der Waals surface area contributed by atoms with Crippen molar-refractivity contribution in [3.8, 4) is 0 Å². The smallest absolute Gasteiger partial charge is 0.408 e. The van der Waals surface area contributed by atoms with Gasteiger partial charge >= 0.3 is 5.76 Å². The molecule has 6 nitrogen and oxygen atoms in total. The number of benzene rings is 2. The van der Waals surface area contributed by atoms with E-state index >= 15 is 0 Å². The summed E-state index contributed by atoms with van der Waals surface area (Å²) in [6, 6.07) is 10.7. The molecule has 0 saturated heterocycles. The molecule has 0 spiro atoms. The molecular weight excluding hydrogens is 316 g/mol. The average molecular weight is 325 g/mol. The van der Waals surface area contributed by atoms with Gasteiger partial charge in [0.05, 0.1) is 21.1 Å². The summed E-state index contributed by atoms with van der Waals surface area (Å²) >= 11 is 6.02. The van der Waals surface area contributed by atoms with E-state index in [1.165, 1.54) is 24.3 Å². The molecule has 2 aromatic carbocycles. The molecule has 21 heavy (non-hydrogen) atoms. The van der Waals surface area contributed by atoms with Gasteiger partial charge in [0.2, 0.25) is 0 Å². The van der Waals surface area contributed by atoms with Crippen LogP contribution >= 0.6 is 11.6 Å². The van der Waals surface area contributed by atoms with Crippen LogP contribution in [0.1, 0.15) is 0 Å². The molecule has 2 N–H and O–H groups in total. The molecular formula is C13H9ClN2O4S. The minimum Gasteiger partial charge on any atom is -0.408 e. The van der Waals surface area contributed by atoms with Crippen molar-refractivity contribution >= 4 is 38.4 Å². The van der Waals surface area contributed by atoms with Gasteiger partial charge in [-0.05, 0) is 18.2 Å². The van der Waals surface area contributed by atoms with Crippen molar-refractivity contribution in [2.24, 2.45) is 0 Å². The molecule has 0 fully saturated rings. The van der Waals surface area contributed by atoms with Crippen LogP contribution in [0.15, 0.2) is 56.6 Å². The zero-order valence-corrected chi connectivity index (χ0v) is 12.0. The number of oxazole rings is 1. The first-order valence-electron chi connectivity index (χ1n) is 5.86. The van der Waals surface area contributed by atoms with Crippen molar-refractivity contribution in [1.29, 1.82) is 0 Å². The highest BCUT2D eigenvalue weighted by atomic mass is 35.5. The highest BCUT2D eigenvalue weighted by Crippen LogP contribution is 2.28.